The predicted molar refractivity (Wildman–Crippen MR) is 85.8 cm³/mol. The maximum absolute atomic E-state index is 12.3. The van der Waals surface area contributed by atoms with Crippen LogP contribution in [0.15, 0.2) is 36.4 Å². The fraction of sp³-hybridized carbons (Fsp3) is 0.143. The van der Waals surface area contributed by atoms with Crippen LogP contribution < -0.4 is 5.32 Å². The zero-order chi connectivity index (χ0) is 15.5. The molecular weight excluding hydrogens is 322 g/mol. The molecule has 6 nitrogen and oxygen atoms in total. The van der Waals surface area contributed by atoms with E-state index in [1.807, 2.05) is 31.2 Å². The molecule has 0 saturated carbocycles. The second kappa shape index (κ2) is 6.25. The van der Waals surface area contributed by atoms with Crippen molar-refractivity contribution in [2.75, 3.05) is 5.32 Å². The average molecular weight is 334 g/mol. The summed E-state index contributed by atoms with van der Waals surface area (Å²) in [4.78, 5) is 12.8. The summed E-state index contributed by atoms with van der Waals surface area (Å²) < 4.78 is 2.20. The topological polar surface area (TPSA) is 72.7 Å². The van der Waals surface area contributed by atoms with Crippen LogP contribution in [0.4, 0.5) is 5.69 Å². The van der Waals surface area contributed by atoms with Gasteiger partial charge in [0, 0.05) is 6.42 Å². The molecule has 0 radical (unpaired) electrons. The van der Waals surface area contributed by atoms with Gasteiger partial charge in [0.25, 0.3) is 5.91 Å². The van der Waals surface area contributed by atoms with Crippen molar-refractivity contribution in [2.45, 2.75) is 13.3 Å². The molecule has 0 spiro atoms. The minimum Gasteiger partial charge on any atom is -0.319 e. The van der Waals surface area contributed by atoms with Crippen molar-refractivity contribution in [3.8, 4) is 5.69 Å². The van der Waals surface area contributed by atoms with E-state index in [0.717, 1.165) is 11.5 Å². The Balaban J connectivity index is 1.93. The first kappa shape index (κ1) is 14.7. The second-order valence-corrected chi connectivity index (χ2v) is 6.15. The fourth-order valence-electron chi connectivity index (χ4n) is 2.00. The van der Waals surface area contributed by atoms with E-state index < -0.39 is 0 Å². The van der Waals surface area contributed by atoms with Crippen molar-refractivity contribution < 1.29 is 4.79 Å². The number of aryl methyl sites for hydroxylation is 1. The van der Waals surface area contributed by atoms with Crippen LogP contribution in [-0.4, -0.2) is 26.1 Å². The average Bonchev–Trinajstić information content (AvgIpc) is 3.16. The standard InChI is InChI=1S/C14H12ClN5OS/c1-2-13-17-18-19-20(13)10-6-4-3-5-9(10)16-14(21)11-7-8-12(15)22-11/h3-8H,2H2,1H3,(H,16,21). The Kier molecular flexibility index (Phi) is 4.17. The van der Waals surface area contributed by atoms with Crippen LogP contribution in [0.5, 0.6) is 0 Å². The quantitative estimate of drug-likeness (QED) is 0.795. The number of benzene rings is 1. The number of tetrazole rings is 1. The van der Waals surface area contributed by atoms with Gasteiger partial charge >= 0.3 is 0 Å². The van der Waals surface area contributed by atoms with Gasteiger partial charge in [0.1, 0.15) is 0 Å². The van der Waals surface area contributed by atoms with Crippen molar-refractivity contribution >= 4 is 34.5 Å². The smallest absolute Gasteiger partial charge is 0.265 e. The van der Waals surface area contributed by atoms with E-state index in [1.54, 1.807) is 16.8 Å². The lowest BCUT2D eigenvalue weighted by atomic mass is 10.2. The lowest BCUT2D eigenvalue weighted by molar-refractivity contribution is 0.103. The number of halogens is 1. The highest BCUT2D eigenvalue weighted by Gasteiger charge is 2.14. The van der Waals surface area contributed by atoms with Crippen LogP contribution in [0.2, 0.25) is 4.34 Å². The van der Waals surface area contributed by atoms with Gasteiger partial charge in [-0.25, -0.2) is 0 Å². The largest absolute Gasteiger partial charge is 0.319 e. The number of rotatable bonds is 4. The summed E-state index contributed by atoms with van der Waals surface area (Å²) in [5.74, 6) is 0.510. The molecule has 8 heteroatoms. The van der Waals surface area contributed by atoms with E-state index in [-0.39, 0.29) is 5.91 Å². The minimum absolute atomic E-state index is 0.213. The molecule has 3 aromatic rings. The first-order valence-electron chi connectivity index (χ1n) is 6.62. The third-order valence-electron chi connectivity index (χ3n) is 3.03. The Morgan fingerprint density at radius 3 is 2.86 bits per heavy atom. The number of nitrogens with zero attached hydrogens (tertiary/aromatic N) is 4. The number of hydrogen-bond acceptors (Lipinski definition) is 5. The third kappa shape index (κ3) is 2.86. The molecule has 22 heavy (non-hydrogen) atoms. The van der Waals surface area contributed by atoms with Crippen molar-refractivity contribution in [3.63, 3.8) is 0 Å². The summed E-state index contributed by atoms with van der Waals surface area (Å²) in [5.41, 5.74) is 1.36. The summed E-state index contributed by atoms with van der Waals surface area (Å²) in [6.45, 7) is 1.97. The van der Waals surface area contributed by atoms with Gasteiger partial charge < -0.3 is 5.32 Å². The molecule has 3 rings (SSSR count). The molecule has 2 aromatic heterocycles. The molecule has 1 aromatic carbocycles. The molecule has 0 aliphatic heterocycles. The molecule has 0 aliphatic carbocycles. The zero-order valence-corrected chi connectivity index (χ0v) is 13.2. The van der Waals surface area contributed by atoms with Gasteiger partial charge in [0.15, 0.2) is 5.82 Å². The Morgan fingerprint density at radius 2 is 2.14 bits per heavy atom. The van der Waals surface area contributed by atoms with E-state index >= 15 is 0 Å². The van der Waals surface area contributed by atoms with Crippen LogP contribution in [0.1, 0.15) is 22.4 Å². The normalized spacial score (nSPS) is 10.6. The van der Waals surface area contributed by atoms with Crippen molar-refractivity contribution in [3.05, 3.63) is 51.4 Å². The number of aromatic nitrogens is 4. The molecule has 112 valence electrons. The number of nitrogens with one attached hydrogen (secondary N) is 1. The van der Waals surface area contributed by atoms with Gasteiger partial charge in [-0.1, -0.05) is 30.7 Å². The van der Waals surface area contributed by atoms with Crippen LogP contribution in [-0.2, 0) is 6.42 Å². The summed E-state index contributed by atoms with van der Waals surface area (Å²) in [7, 11) is 0. The molecular formula is C14H12ClN5OS. The van der Waals surface area contributed by atoms with Crippen LogP contribution in [0.25, 0.3) is 5.69 Å². The Bertz CT molecular complexity index is 813. The van der Waals surface area contributed by atoms with Crippen LogP contribution in [0, 0.1) is 0 Å². The molecule has 1 N–H and O–H groups in total. The summed E-state index contributed by atoms with van der Waals surface area (Å²) in [5, 5.41) is 14.5. The van der Waals surface area contributed by atoms with E-state index in [1.165, 1.54) is 11.3 Å². The van der Waals surface area contributed by atoms with Gasteiger partial charge in [-0.05, 0) is 34.7 Å². The highest BCUT2D eigenvalue weighted by atomic mass is 35.5. The Labute approximate surface area is 135 Å². The van der Waals surface area contributed by atoms with Gasteiger partial charge in [-0.3, -0.25) is 4.79 Å². The molecule has 0 unspecified atom stereocenters. The summed E-state index contributed by atoms with van der Waals surface area (Å²) in [6, 6.07) is 10.8. The first-order valence-corrected chi connectivity index (χ1v) is 7.82. The van der Waals surface area contributed by atoms with E-state index in [0.29, 0.717) is 21.3 Å². The molecule has 0 bridgehead atoms. The highest BCUT2D eigenvalue weighted by Crippen LogP contribution is 2.24. The first-order chi connectivity index (χ1) is 10.7. The fourth-order valence-corrected chi connectivity index (χ4v) is 2.94. The lowest BCUT2D eigenvalue weighted by Gasteiger charge is -2.10. The molecule has 0 atom stereocenters. The molecule has 0 fully saturated rings. The highest BCUT2D eigenvalue weighted by molar-refractivity contribution is 7.18. The van der Waals surface area contributed by atoms with Gasteiger partial charge in [0.2, 0.25) is 0 Å². The molecule has 0 saturated heterocycles. The zero-order valence-electron chi connectivity index (χ0n) is 11.7. The Hall–Kier alpha value is -2.25. The number of amides is 1. The number of anilines is 1. The van der Waals surface area contributed by atoms with E-state index in [4.69, 9.17) is 11.6 Å². The van der Waals surface area contributed by atoms with E-state index in [2.05, 4.69) is 20.8 Å². The third-order valence-corrected chi connectivity index (χ3v) is 4.26. The summed E-state index contributed by atoms with van der Waals surface area (Å²) >= 11 is 7.10. The maximum Gasteiger partial charge on any atom is 0.265 e. The molecule has 0 aliphatic rings. The van der Waals surface area contributed by atoms with Gasteiger partial charge in [-0.15, -0.1) is 16.4 Å². The SMILES string of the molecule is CCc1nnnn1-c1ccccc1NC(=O)c1ccc(Cl)s1. The van der Waals surface area contributed by atoms with Crippen LogP contribution in [0.3, 0.4) is 0 Å². The van der Waals surface area contributed by atoms with Crippen molar-refractivity contribution in [1.29, 1.82) is 0 Å². The van der Waals surface area contributed by atoms with Crippen molar-refractivity contribution in [1.82, 2.24) is 20.2 Å². The number of carbonyl (C=O) groups excluding carboxylic acids is 1. The number of thiophene rings is 1. The monoisotopic (exact) mass is 333 g/mol. The van der Waals surface area contributed by atoms with E-state index in [9.17, 15) is 4.79 Å². The Morgan fingerprint density at radius 1 is 1.32 bits per heavy atom. The number of para-hydroxylation sites is 2. The maximum atomic E-state index is 12.3. The molecule has 1 amide bonds. The number of hydrogen-bond donors (Lipinski definition) is 1. The van der Waals surface area contributed by atoms with Crippen LogP contribution >= 0.6 is 22.9 Å². The predicted octanol–water partition coefficient (Wildman–Crippen LogP) is 3.19. The lowest BCUT2D eigenvalue weighted by Crippen LogP contribution is -2.13. The summed E-state index contributed by atoms with van der Waals surface area (Å²) in [6.07, 6.45) is 0.690. The van der Waals surface area contributed by atoms with Crippen molar-refractivity contribution in [2.24, 2.45) is 0 Å². The van der Waals surface area contributed by atoms with Gasteiger partial charge in [-0.2, -0.15) is 4.68 Å². The van der Waals surface area contributed by atoms with Gasteiger partial charge in [0.05, 0.1) is 20.6 Å². The second-order valence-electron chi connectivity index (χ2n) is 4.44. The number of carbonyl (C=O) groups is 1. The minimum atomic E-state index is -0.213. The molecule has 2 heterocycles.